The zero-order valence-electron chi connectivity index (χ0n) is 11.1. The van der Waals surface area contributed by atoms with Gasteiger partial charge in [0.25, 0.3) is 0 Å². The van der Waals surface area contributed by atoms with Crippen molar-refractivity contribution in [2.75, 3.05) is 11.9 Å². The van der Waals surface area contributed by atoms with Crippen LogP contribution in [0.3, 0.4) is 0 Å². The predicted octanol–water partition coefficient (Wildman–Crippen LogP) is 2.99. The summed E-state index contributed by atoms with van der Waals surface area (Å²) in [7, 11) is 0. The zero-order chi connectivity index (χ0) is 14.6. The first-order valence-corrected chi connectivity index (χ1v) is 6.55. The molecule has 0 unspecified atom stereocenters. The van der Waals surface area contributed by atoms with Gasteiger partial charge in [-0.25, -0.2) is 4.79 Å². The number of anilines is 1. The van der Waals surface area contributed by atoms with Crippen LogP contribution in [-0.2, 0) is 4.79 Å². The lowest BCUT2D eigenvalue weighted by Gasteiger charge is -2.19. The molecule has 0 saturated heterocycles. The summed E-state index contributed by atoms with van der Waals surface area (Å²) in [6.07, 6.45) is 0. The van der Waals surface area contributed by atoms with Crippen LogP contribution >= 0.6 is 15.9 Å². The molecule has 0 aromatic heterocycles. The number of amides is 2. The van der Waals surface area contributed by atoms with E-state index in [9.17, 15) is 9.59 Å². The number of carboxylic acid groups (broad SMARTS) is 1. The summed E-state index contributed by atoms with van der Waals surface area (Å²) in [5.74, 6) is -0.953. The standard InChI is InChI=1S/C13H17BrN2O3/c1-8-4-9(14)6-10(5-8)16-12(19)15-7-13(2,3)11(17)18/h4-6H,7H2,1-3H3,(H,17,18)(H2,15,16,19). The van der Waals surface area contributed by atoms with Crippen molar-refractivity contribution in [1.82, 2.24) is 5.32 Å². The third kappa shape index (κ3) is 4.90. The summed E-state index contributed by atoms with van der Waals surface area (Å²) in [5, 5.41) is 14.1. The lowest BCUT2D eigenvalue weighted by Crippen LogP contribution is -2.40. The normalized spacial score (nSPS) is 10.9. The van der Waals surface area contributed by atoms with Crippen molar-refractivity contribution in [2.24, 2.45) is 5.41 Å². The molecule has 0 aliphatic carbocycles. The van der Waals surface area contributed by atoms with E-state index in [0.29, 0.717) is 5.69 Å². The average molecular weight is 329 g/mol. The van der Waals surface area contributed by atoms with Gasteiger partial charge in [-0.2, -0.15) is 0 Å². The second-order valence-electron chi connectivity index (χ2n) is 5.01. The molecule has 0 bridgehead atoms. The molecule has 6 heteroatoms. The van der Waals surface area contributed by atoms with Gasteiger partial charge in [0, 0.05) is 16.7 Å². The van der Waals surface area contributed by atoms with Crippen LogP contribution in [0.2, 0.25) is 0 Å². The molecular weight excluding hydrogens is 312 g/mol. The Balaban J connectivity index is 2.59. The smallest absolute Gasteiger partial charge is 0.319 e. The summed E-state index contributed by atoms with van der Waals surface area (Å²) in [6.45, 7) is 5.08. The second kappa shape index (κ2) is 6.06. The number of rotatable bonds is 4. The first-order valence-electron chi connectivity index (χ1n) is 5.76. The Bertz CT molecular complexity index is 480. The fourth-order valence-corrected chi connectivity index (χ4v) is 1.97. The molecule has 0 radical (unpaired) electrons. The third-order valence-corrected chi connectivity index (χ3v) is 3.03. The van der Waals surface area contributed by atoms with E-state index in [-0.39, 0.29) is 6.54 Å². The lowest BCUT2D eigenvalue weighted by molar-refractivity contribution is -0.146. The van der Waals surface area contributed by atoms with Crippen molar-refractivity contribution < 1.29 is 14.7 Å². The molecule has 0 atom stereocenters. The van der Waals surface area contributed by atoms with Gasteiger partial charge in [-0.3, -0.25) is 4.79 Å². The Labute approximate surface area is 120 Å². The van der Waals surface area contributed by atoms with E-state index >= 15 is 0 Å². The highest BCUT2D eigenvalue weighted by Crippen LogP contribution is 2.19. The molecule has 3 N–H and O–H groups in total. The van der Waals surface area contributed by atoms with Crippen LogP contribution < -0.4 is 10.6 Å². The van der Waals surface area contributed by atoms with Crippen LogP contribution in [-0.4, -0.2) is 23.7 Å². The molecule has 5 nitrogen and oxygen atoms in total. The van der Waals surface area contributed by atoms with Gasteiger partial charge in [-0.15, -0.1) is 0 Å². The first-order chi connectivity index (χ1) is 8.70. The van der Waals surface area contributed by atoms with Crippen molar-refractivity contribution in [1.29, 1.82) is 0 Å². The molecule has 0 aliphatic rings. The number of benzene rings is 1. The van der Waals surface area contributed by atoms with Gasteiger partial charge in [0.05, 0.1) is 5.41 Å². The van der Waals surface area contributed by atoms with Crippen LogP contribution in [0.5, 0.6) is 0 Å². The fourth-order valence-electron chi connectivity index (χ4n) is 1.36. The minimum atomic E-state index is -0.996. The van der Waals surface area contributed by atoms with E-state index in [1.165, 1.54) is 0 Å². The molecule has 1 aromatic rings. The van der Waals surface area contributed by atoms with Gasteiger partial charge in [0.2, 0.25) is 0 Å². The highest BCUT2D eigenvalue weighted by molar-refractivity contribution is 9.10. The molecule has 0 saturated carbocycles. The molecule has 0 aliphatic heterocycles. The van der Waals surface area contributed by atoms with Gasteiger partial charge in [-0.05, 0) is 44.5 Å². The molecule has 2 amide bonds. The molecule has 0 heterocycles. The lowest BCUT2D eigenvalue weighted by atomic mass is 9.94. The fraction of sp³-hybridized carbons (Fsp3) is 0.385. The van der Waals surface area contributed by atoms with Crippen molar-refractivity contribution in [3.05, 3.63) is 28.2 Å². The number of aryl methyl sites for hydroxylation is 1. The summed E-state index contributed by atoms with van der Waals surface area (Å²) in [5.41, 5.74) is 0.665. The van der Waals surface area contributed by atoms with E-state index < -0.39 is 17.4 Å². The van der Waals surface area contributed by atoms with Gasteiger partial charge >= 0.3 is 12.0 Å². The Morgan fingerprint density at radius 3 is 2.47 bits per heavy atom. The Morgan fingerprint density at radius 1 is 1.32 bits per heavy atom. The van der Waals surface area contributed by atoms with E-state index in [1.807, 2.05) is 19.1 Å². The molecule has 1 rings (SSSR count). The molecule has 104 valence electrons. The molecular formula is C13H17BrN2O3. The van der Waals surface area contributed by atoms with Crippen molar-refractivity contribution in [3.63, 3.8) is 0 Å². The maximum Gasteiger partial charge on any atom is 0.319 e. The second-order valence-corrected chi connectivity index (χ2v) is 5.93. The highest BCUT2D eigenvalue weighted by atomic mass is 79.9. The topological polar surface area (TPSA) is 78.4 Å². The first kappa shape index (κ1) is 15.5. The maximum absolute atomic E-state index is 11.7. The summed E-state index contributed by atoms with van der Waals surface area (Å²) in [6, 6.07) is 5.10. The number of hydrogen-bond donors (Lipinski definition) is 3. The van der Waals surface area contributed by atoms with Crippen LogP contribution in [0.4, 0.5) is 10.5 Å². The Hall–Kier alpha value is -1.56. The third-order valence-electron chi connectivity index (χ3n) is 2.57. The summed E-state index contributed by atoms with van der Waals surface area (Å²) in [4.78, 5) is 22.6. The minimum Gasteiger partial charge on any atom is -0.481 e. The maximum atomic E-state index is 11.7. The minimum absolute atomic E-state index is 0.0567. The number of aliphatic carboxylic acids is 1. The van der Waals surface area contributed by atoms with Gasteiger partial charge in [-0.1, -0.05) is 15.9 Å². The number of halogens is 1. The highest BCUT2D eigenvalue weighted by Gasteiger charge is 2.27. The Kier molecular flexibility index (Phi) is 4.94. The zero-order valence-corrected chi connectivity index (χ0v) is 12.7. The molecule has 19 heavy (non-hydrogen) atoms. The van der Waals surface area contributed by atoms with E-state index in [0.717, 1.165) is 10.0 Å². The summed E-state index contributed by atoms with van der Waals surface area (Å²) < 4.78 is 0.869. The largest absolute Gasteiger partial charge is 0.481 e. The number of nitrogens with one attached hydrogen (secondary N) is 2. The average Bonchev–Trinajstić information content (AvgIpc) is 2.24. The predicted molar refractivity (Wildman–Crippen MR) is 77.3 cm³/mol. The van der Waals surface area contributed by atoms with Gasteiger partial charge < -0.3 is 15.7 Å². The molecule has 0 fully saturated rings. The summed E-state index contributed by atoms with van der Waals surface area (Å²) >= 11 is 3.34. The van der Waals surface area contributed by atoms with Crippen LogP contribution in [0.15, 0.2) is 22.7 Å². The van der Waals surface area contributed by atoms with Crippen molar-refractivity contribution in [2.45, 2.75) is 20.8 Å². The van der Waals surface area contributed by atoms with Crippen LogP contribution in [0, 0.1) is 12.3 Å². The molecule has 0 spiro atoms. The van der Waals surface area contributed by atoms with Crippen molar-refractivity contribution in [3.8, 4) is 0 Å². The quantitative estimate of drug-likeness (QED) is 0.795. The van der Waals surface area contributed by atoms with Gasteiger partial charge in [0.15, 0.2) is 0 Å². The monoisotopic (exact) mass is 328 g/mol. The number of hydrogen-bond acceptors (Lipinski definition) is 2. The molecule has 1 aromatic carbocycles. The number of urea groups is 1. The van der Waals surface area contributed by atoms with Crippen LogP contribution in [0.25, 0.3) is 0 Å². The number of carbonyl (C=O) groups is 2. The van der Waals surface area contributed by atoms with E-state index in [1.54, 1.807) is 19.9 Å². The van der Waals surface area contributed by atoms with E-state index in [2.05, 4.69) is 26.6 Å². The van der Waals surface area contributed by atoms with E-state index in [4.69, 9.17) is 5.11 Å². The SMILES string of the molecule is Cc1cc(Br)cc(NC(=O)NCC(C)(C)C(=O)O)c1. The van der Waals surface area contributed by atoms with Crippen molar-refractivity contribution >= 4 is 33.6 Å². The van der Waals surface area contributed by atoms with Gasteiger partial charge in [0.1, 0.15) is 0 Å². The number of carboxylic acids is 1. The van der Waals surface area contributed by atoms with Crippen LogP contribution in [0.1, 0.15) is 19.4 Å². The Morgan fingerprint density at radius 2 is 1.95 bits per heavy atom. The number of carbonyl (C=O) groups excluding carboxylic acids is 1.